The number of halogens is 1. The Morgan fingerprint density at radius 2 is 1.97 bits per heavy atom. The van der Waals surface area contributed by atoms with Crippen LogP contribution in [-0.4, -0.2) is 22.3 Å². The quantitative estimate of drug-likeness (QED) is 0.684. The van der Waals surface area contributed by atoms with Crippen molar-refractivity contribution in [1.29, 1.82) is 0 Å². The van der Waals surface area contributed by atoms with Crippen LogP contribution in [0.3, 0.4) is 0 Å². The van der Waals surface area contributed by atoms with Crippen LogP contribution < -0.4 is 26.0 Å². The molecule has 0 spiro atoms. The van der Waals surface area contributed by atoms with E-state index in [-0.39, 0.29) is 18.9 Å². The molecule has 2 N–H and O–H groups in total. The highest BCUT2D eigenvalue weighted by Gasteiger charge is 2.17. The van der Waals surface area contributed by atoms with E-state index in [0.29, 0.717) is 27.8 Å². The number of hydrogen-bond donors (Lipinski definition) is 2. The number of nitrogens with one attached hydrogen (secondary N) is 2. The van der Waals surface area contributed by atoms with Crippen molar-refractivity contribution in [1.82, 2.24) is 9.55 Å². The number of aryl methyl sites for hydroxylation is 1. The molecule has 29 heavy (non-hydrogen) atoms. The van der Waals surface area contributed by atoms with Gasteiger partial charge in [-0.25, -0.2) is 4.79 Å². The molecule has 1 aliphatic rings. The monoisotopic (exact) mass is 413 g/mol. The van der Waals surface area contributed by atoms with Crippen LogP contribution in [0.5, 0.6) is 11.5 Å². The fraction of sp³-hybridized carbons (Fsp3) is 0.150. The summed E-state index contributed by atoms with van der Waals surface area (Å²) >= 11 is 6.07. The largest absolute Gasteiger partial charge is 0.454 e. The van der Waals surface area contributed by atoms with Crippen LogP contribution >= 0.6 is 11.6 Å². The molecule has 2 heterocycles. The molecular formula is C20H16ClN3O5. The molecule has 0 saturated carbocycles. The van der Waals surface area contributed by atoms with Crippen LogP contribution in [-0.2, 0) is 6.54 Å². The zero-order valence-corrected chi connectivity index (χ0v) is 16.1. The molecule has 9 heteroatoms. The number of nitrogens with zero attached hydrogens (tertiary/aromatic N) is 1. The average Bonchev–Trinajstić information content (AvgIpc) is 3.16. The van der Waals surface area contributed by atoms with Gasteiger partial charge in [-0.3, -0.25) is 14.2 Å². The minimum Gasteiger partial charge on any atom is -0.454 e. The fourth-order valence-corrected chi connectivity index (χ4v) is 3.09. The van der Waals surface area contributed by atoms with Gasteiger partial charge in [0.05, 0.1) is 6.54 Å². The van der Waals surface area contributed by atoms with Gasteiger partial charge in [0.15, 0.2) is 11.5 Å². The van der Waals surface area contributed by atoms with Crippen molar-refractivity contribution in [3.05, 3.63) is 85.1 Å². The van der Waals surface area contributed by atoms with Crippen LogP contribution in [0.1, 0.15) is 21.5 Å². The van der Waals surface area contributed by atoms with E-state index in [2.05, 4.69) is 10.3 Å². The van der Waals surface area contributed by atoms with Crippen molar-refractivity contribution in [2.45, 2.75) is 13.5 Å². The first-order chi connectivity index (χ1) is 13.9. The Bertz CT molecular complexity index is 1230. The van der Waals surface area contributed by atoms with Gasteiger partial charge in [0.1, 0.15) is 5.56 Å². The van der Waals surface area contributed by atoms with Gasteiger partial charge in [0, 0.05) is 16.9 Å². The minimum atomic E-state index is -0.706. The highest BCUT2D eigenvalue weighted by molar-refractivity contribution is 6.31. The number of fused-ring (bicyclic) bond motifs is 1. The summed E-state index contributed by atoms with van der Waals surface area (Å²) in [5.74, 6) is 0.489. The van der Waals surface area contributed by atoms with Crippen LogP contribution in [0.15, 0.2) is 52.2 Å². The van der Waals surface area contributed by atoms with Crippen molar-refractivity contribution in [3.63, 3.8) is 0 Å². The Balaban J connectivity index is 1.62. The summed E-state index contributed by atoms with van der Waals surface area (Å²) in [6.07, 6.45) is 1.10. The predicted molar refractivity (Wildman–Crippen MR) is 107 cm³/mol. The van der Waals surface area contributed by atoms with Crippen LogP contribution in [0, 0.1) is 6.92 Å². The van der Waals surface area contributed by atoms with E-state index in [1.165, 1.54) is 0 Å². The molecule has 0 aliphatic carbocycles. The molecule has 0 saturated heterocycles. The van der Waals surface area contributed by atoms with Gasteiger partial charge in [0.25, 0.3) is 11.5 Å². The van der Waals surface area contributed by atoms with Crippen LogP contribution in [0.2, 0.25) is 5.02 Å². The molecule has 0 atom stereocenters. The van der Waals surface area contributed by atoms with Crippen molar-refractivity contribution in [2.75, 3.05) is 12.1 Å². The van der Waals surface area contributed by atoms with Crippen LogP contribution in [0.4, 0.5) is 5.69 Å². The van der Waals surface area contributed by atoms with Gasteiger partial charge in [0.2, 0.25) is 6.79 Å². The number of carbonyl (C=O) groups excluding carboxylic acids is 1. The number of carbonyl (C=O) groups is 1. The maximum absolute atomic E-state index is 12.8. The molecule has 0 bridgehead atoms. The first kappa shape index (κ1) is 18.8. The number of amides is 1. The Kier molecular flexibility index (Phi) is 4.85. The molecule has 0 radical (unpaired) electrons. The first-order valence-electron chi connectivity index (χ1n) is 8.71. The Hall–Kier alpha value is -3.52. The molecule has 1 amide bonds. The van der Waals surface area contributed by atoms with E-state index in [9.17, 15) is 14.4 Å². The maximum Gasteiger partial charge on any atom is 0.328 e. The molecule has 1 aromatic heterocycles. The number of anilines is 1. The number of H-pyrrole nitrogens is 1. The topological polar surface area (TPSA) is 102 Å². The van der Waals surface area contributed by atoms with Gasteiger partial charge in [-0.15, -0.1) is 0 Å². The summed E-state index contributed by atoms with van der Waals surface area (Å²) < 4.78 is 11.5. The van der Waals surface area contributed by atoms with E-state index in [1.54, 1.807) is 36.4 Å². The lowest BCUT2D eigenvalue weighted by Gasteiger charge is -2.09. The number of aromatic nitrogens is 2. The standard InChI is InChI=1S/C20H16ClN3O5/c1-11-2-4-13(7-15(11)21)23-18(25)14-8-22-20(27)24(19(14)26)9-12-3-5-16-17(6-12)29-10-28-16/h2-8H,9-10H2,1H3,(H,22,27)(H,23,25). The molecule has 4 rings (SSSR count). The normalized spacial score (nSPS) is 12.1. The van der Waals surface area contributed by atoms with Gasteiger partial charge in [-0.1, -0.05) is 23.7 Å². The average molecular weight is 414 g/mol. The van der Waals surface area contributed by atoms with E-state index >= 15 is 0 Å². The first-order valence-corrected chi connectivity index (χ1v) is 9.09. The maximum atomic E-state index is 12.8. The molecule has 1 aliphatic heterocycles. The third kappa shape index (κ3) is 3.74. The van der Waals surface area contributed by atoms with Crippen molar-refractivity contribution in [2.24, 2.45) is 0 Å². The molecule has 0 unspecified atom stereocenters. The fourth-order valence-electron chi connectivity index (χ4n) is 2.91. The molecular weight excluding hydrogens is 398 g/mol. The molecule has 0 fully saturated rings. The summed E-state index contributed by atoms with van der Waals surface area (Å²) in [6.45, 7) is 1.94. The predicted octanol–water partition coefficient (Wildman–Crippen LogP) is 2.53. The SMILES string of the molecule is Cc1ccc(NC(=O)c2c[nH]c(=O)n(Cc3ccc4c(c3)OCO4)c2=O)cc1Cl. The number of aromatic amines is 1. The highest BCUT2D eigenvalue weighted by atomic mass is 35.5. The van der Waals surface area contributed by atoms with Gasteiger partial charge in [-0.2, -0.15) is 0 Å². The van der Waals surface area contributed by atoms with Gasteiger partial charge < -0.3 is 19.8 Å². The summed E-state index contributed by atoms with van der Waals surface area (Å²) in [7, 11) is 0. The Labute approximate surface area is 169 Å². The number of ether oxygens (including phenoxy) is 2. The van der Waals surface area contributed by atoms with E-state index in [4.69, 9.17) is 21.1 Å². The second-order valence-electron chi connectivity index (χ2n) is 6.50. The zero-order chi connectivity index (χ0) is 20.5. The second kappa shape index (κ2) is 7.48. The summed E-state index contributed by atoms with van der Waals surface area (Å²) in [4.78, 5) is 40.0. The molecule has 8 nitrogen and oxygen atoms in total. The van der Waals surface area contributed by atoms with Crippen LogP contribution in [0.25, 0.3) is 0 Å². The number of hydrogen-bond acceptors (Lipinski definition) is 5. The van der Waals surface area contributed by atoms with Crippen molar-refractivity contribution < 1.29 is 14.3 Å². The Morgan fingerprint density at radius 1 is 1.17 bits per heavy atom. The summed E-state index contributed by atoms with van der Waals surface area (Å²) in [5, 5.41) is 3.11. The summed E-state index contributed by atoms with van der Waals surface area (Å²) in [6, 6.07) is 10.1. The lowest BCUT2D eigenvalue weighted by Crippen LogP contribution is -2.39. The smallest absolute Gasteiger partial charge is 0.328 e. The molecule has 3 aromatic rings. The second-order valence-corrected chi connectivity index (χ2v) is 6.91. The minimum absolute atomic E-state index is 0.0255. The molecule has 148 valence electrons. The summed E-state index contributed by atoms with van der Waals surface area (Å²) in [5.41, 5.74) is 0.440. The third-order valence-corrected chi connectivity index (χ3v) is 4.92. The van der Waals surface area contributed by atoms with E-state index < -0.39 is 17.2 Å². The Morgan fingerprint density at radius 3 is 2.76 bits per heavy atom. The van der Waals surface area contributed by atoms with E-state index in [1.807, 2.05) is 6.92 Å². The zero-order valence-electron chi connectivity index (χ0n) is 15.3. The molecule has 2 aromatic carbocycles. The third-order valence-electron chi connectivity index (χ3n) is 4.51. The van der Waals surface area contributed by atoms with Crippen molar-refractivity contribution in [3.8, 4) is 11.5 Å². The van der Waals surface area contributed by atoms with Gasteiger partial charge in [-0.05, 0) is 42.3 Å². The van der Waals surface area contributed by atoms with Crippen molar-refractivity contribution >= 4 is 23.2 Å². The number of rotatable bonds is 4. The van der Waals surface area contributed by atoms with E-state index in [0.717, 1.165) is 16.3 Å². The lowest BCUT2D eigenvalue weighted by molar-refractivity contribution is 0.102. The van der Waals surface area contributed by atoms with Gasteiger partial charge >= 0.3 is 5.69 Å². The highest BCUT2D eigenvalue weighted by Crippen LogP contribution is 2.32. The lowest BCUT2D eigenvalue weighted by atomic mass is 10.2. The number of benzene rings is 2.